The Kier molecular flexibility index (Phi) is 48.6. The van der Waals surface area contributed by atoms with Crippen LogP contribution in [0.4, 0.5) is 0 Å². The van der Waals surface area contributed by atoms with Gasteiger partial charge >= 0.3 is 5.97 Å². The van der Waals surface area contributed by atoms with Gasteiger partial charge in [0, 0.05) is 12.8 Å². The lowest BCUT2D eigenvalue weighted by molar-refractivity contribution is -0.143. The zero-order valence-corrected chi connectivity index (χ0v) is 40.2. The van der Waals surface area contributed by atoms with E-state index in [9.17, 15) is 19.8 Å². The third-order valence-corrected chi connectivity index (χ3v) is 12.2. The van der Waals surface area contributed by atoms with E-state index in [1.165, 1.54) is 180 Å². The molecule has 6 nitrogen and oxygen atoms in total. The van der Waals surface area contributed by atoms with Gasteiger partial charge in [-0.25, -0.2) is 0 Å². The van der Waals surface area contributed by atoms with Crippen molar-refractivity contribution < 1.29 is 24.5 Å². The highest BCUT2D eigenvalue weighted by molar-refractivity contribution is 5.76. The molecule has 0 fully saturated rings. The maximum Gasteiger partial charge on any atom is 0.305 e. The largest absolute Gasteiger partial charge is 0.466 e. The van der Waals surface area contributed by atoms with Crippen LogP contribution in [0.1, 0.15) is 284 Å². The molecule has 0 aliphatic carbocycles. The maximum atomic E-state index is 12.5. The Morgan fingerprint density at radius 3 is 1.22 bits per heavy atom. The number of hydrogen-bond acceptors (Lipinski definition) is 5. The van der Waals surface area contributed by atoms with Crippen LogP contribution in [0, 0.1) is 0 Å². The Labute approximate surface area is 373 Å². The van der Waals surface area contributed by atoms with Gasteiger partial charge in [-0.15, -0.1) is 0 Å². The van der Waals surface area contributed by atoms with Gasteiger partial charge in [0.1, 0.15) is 0 Å². The molecule has 0 radical (unpaired) electrons. The standard InChI is InChI=1S/C54H103NO5/c1-3-5-7-9-11-13-15-17-18-19-20-23-26-30-34-38-42-46-52(57)51(50-56)55-53(58)47-43-39-35-31-27-24-21-25-29-33-37-41-45-49-60-54(59)48-44-40-36-32-28-22-16-14-12-10-8-6-4-2/h14,16,24,27,51-52,56-57H,3-13,15,17-23,25-26,28-50H2,1-2H3,(H,55,58)/b16-14-,27-24-. The highest BCUT2D eigenvalue weighted by atomic mass is 16.5. The van der Waals surface area contributed by atoms with Crippen molar-refractivity contribution in [3.05, 3.63) is 24.3 Å². The van der Waals surface area contributed by atoms with E-state index in [4.69, 9.17) is 4.74 Å². The molecule has 0 heterocycles. The molecule has 0 aliphatic heterocycles. The number of ether oxygens (including phenoxy) is 1. The quantitative estimate of drug-likeness (QED) is 0.0322. The molecule has 0 rings (SSSR count). The normalized spacial score (nSPS) is 12.8. The molecular formula is C54H103NO5. The van der Waals surface area contributed by atoms with Crippen molar-refractivity contribution in [3.8, 4) is 0 Å². The van der Waals surface area contributed by atoms with Crippen molar-refractivity contribution >= 4 is 11.9 Å². The van der Waals surface area contributed by atoms with Crippen LogP contribution in [-0.4, -0.2) is 47.4 Å². The van der Waals surface area contributed by atoms with Crippen LogP contribution in [0.25, 0.3) is 0 Å². The number of rotatable bonds is 49. The van der Waals surface area contributed by atoms with E-state index in [1.807, 2.05) is 0 Å². The lowest BCUT2D eigenvalue weighted by atomic mass is 10.0. The average Bonchev–Trinajstić information content (AvgIpc) is 3.25. The van der Waals surface area contributed by atoms with Crippen LogP contribution >= 0.6 is 0 Å². The van der Waals surface area contributed by atoms with E-state index in [-0.39, 0.29) is 18.5 Å². The fourth-order valence-corrected chi connectivity index (χ4v) is 8.10. The number of unbranched alkanes of at least 4 members (excludes halogenated alkanes) is 34. The Hall–Kier alpha value is -1.66. The summed E-state index contributed by atoms with van der Waals surface area (Å²) in [6, 6.07) is -0.562. The van der Waals surface area contributed by atoms with Crippen LogP contribution in [0.5, 0.6) is 0 Å². The Morgan fingerprint density at radius 1 is 0.450 bits per heavy atom. The number of hydrogen-bond donors (Lipinski definition) is 3. The van der Waals surface area contributed by atoms with Crippen LogP contribution in [0.15, 0.2) is 24.3 Å². The van der Waals surface area contributed by atoms with E-state index in [1.54, 1.807) is 0 Å². The number of carbonyl (C=O) groups is 2. The SMILES string of the molecule is CCCCCC/C=C\CCCCCCCC(=O)OCCCCCCCC/C=C\CCCCCC(=O)NC(CO)C(O)CCCCCCCCCCCCCCCCCCC. The fraction of sp³-hybridized carbons (Fsp3) is 0.889. The number of esters is 1. The second kappa shape index (κ2) is 50.0. The van der Waals surface area contributed by atoms with E-state index >= 15 is 0 Å². The molecule has 354 valence electrons. The summed E-state index contributed by atoms with van der Waals surface area (Å²) >= 11 is 0. The summed E-state index contributed by atoms with van der Waals surface area (Å²) in [5, 5.41) is 23.2. The predicted octanol–water partition coefficient (Wildman–Crippen LogP) is 15.9. The number of carbonyl (C=O) groups excluding carboxylic acids is 2. The van der Waals surface area contributed by atoms with Crippen molar-refractivity contribution in [2.24, 2.45) is 0 Å². The van der Waals surface area contributed by atoms with Crippen LogP contribution in [-0.2, 0) is 14.3 Å². The Bertz CT molecular complexity index is 935. The van der Waals surface area contributed by atoms with Gasteiger partial charge in [-0.3, -0.25) is 9.59 Å². The molecule has 60 heavy (non-hydrogen) atoms. The summed E-state index contributed by atoms with van der Waals surface area (Å²) in [5.74, 6) is -0.0859. The molecule has 0 saturated heterocycles. The first-order valence-electron chi connectivity index (χ1n) is 26.6. The topological polar surface area (TPSA) is 95.9 Å². The van der Waals surface area contributed by atoms with Gasteiger partial charge in [-0.1, -0.05) is 218 Å². The molecule has 0 aromatic heterocycles. The Balaban J connectivity index is 3.51. The first-order valence-corrected chi connectivity index (χ1v) is 26.6. The van der Waals surface area contributed by atoms with E-state index in [0.717, 1.165) is 70.6 Å². The molecule has 0 aromatic rings. The van der Waals surface area contributed by atoms with Gasteiger partial charge in [-0.05, 0) is 77.0 Å². The van der Waals surface area contributed by atoms with Crippen LogP contribution < -0.4 is 5.32 Å². The van der Waals surface area contributed by atoms with Crippen molar-refractivity contribution in [2.75, 3.05) is 13.2 Å². The third kappa shape index (κ3) is 45.9. The highest BCUT2D eigenvalue weighted by Crippen LogP contribution is 2.16. The lowest BCUT2D eigenvalue weighted by Crippen LogP contribution is -2.45. The monoisotopic (exact) mass is 846 g/mol. The molecule has 0 aromatic carbocycles. The minimum absolute atomic E-state index is 0.0217. The predicted molar refractivity (Wildman–Crippen MR) is 260 cm³/mol. The summed E-state index contributed by atoms with van der Waals surface area (Å²) in [7, 11) is 0. The molecule has 6 heteroatoms. The van der Waals surface area contributed by atoms with Crippen molar-refractivity contribution in [1.29, 1.82) is 0 Å². The van der Waals surface area contributed by atoms with Gasteiger partial charge in [-0.2, -0.15) is 0 Å². The van der Waals surface area contributed by atoms with Gasteiger partial charge < -0.3 is 20.3 Å². The van der Waals surface area contributed by atoms with Crippen molar-refractivity contribution in [2.45, 2.75) is 296 Å². The van der Waals surface area contributed by atoms with Crippen LogP contribution in [0.2, 0.25) is 0 Å². The summed E-state index contributed by atoms with van der Waals surface area (Å²) in [6.07, 6.45) is 58.6. The molecule has 1 amide bonds. The number of aliphatic hydroxyl groups excluding tert-OH is 2. The van der Waals surface area contributed by atoms with Gasteiger partial charge in [0.2, 0.25) is 5.91 Å². The highest BCUT2D eigenvalue weighted by Gasteiger charge is 2.20. The molecule has 0 saturated carbocycles. The molecular weight excluding hydrogens is 743 g/mol. The minimum Gasteiger partial charge on any atom is -0.466 e. The molecule has 0 spiro atoms. The minimum atomic E-state index is -0.681. The summed E-state index contributed by atoms with van der Waals surface area (Å²) in [4.78, 5) is 24.5. The number of allylic oxidation sites excluding steroid dienone is 4. The zero-order valence-electron chi connectivity index (χ0n) is 40.2. The van der Waals surface area contributed by atoms with Gasteiger partial charge in [0.05, 0.1) is 25.4 Å². The molecule has 0 bridgehead atoms. The second-order valence-corrected chi connectivity index (χ2v) is 18.2. The first kappa shape index (κ1) is 58.3. The third-order valence-electron chi connectivity index (χ3n) is 12.2. The summed E-state index contributed by atoms with van der Waals surface area (Å²) in [6.45, 7) is 4.90. The second-order valence-electron chi connectivity index (χ2n) is 18.2. The maximum absolute atomic E-state index is 12.5. The summed E-state index contributed by atoms with van der Waals surface area (Å²) in [5.41, 5.74) is 0. The van der Waals surface area contributed by atoms with Gasteiger partial charge in [0.15, 0.2) is 0 Å². The fourth-order valence-electron chi connectivity index (χ4n) is 8.10. The van der Waals surface area contributed by atoms with Crippen LogP contribution in [0.3, 0.4) is 0 Å². The van der Waals surface area contributed by atoms with E-state index in [2.05, 4.69) is 43.5 Å². The number of aliphatic hydroxyl groups is 2. The van der Waals surface area contributed by atoms with Crippen molar-refractivity contribution in [1.82, 2.24) is 5.32 Å². The molecule has 2 unspecified atom stereocenters. The lowest BCUT2D eigenvalue weighted by Gasteiger charge is -2.22. The molecule has 2 atom stereocenters. The summed E-state index contributed by atoms with van der Waals surface area (Å²) < 4.78 is 5.44. The van der Waals surface area contributed by atoms with E-state index < -0.39 is 12.1 Å². The van der Waals surface area contributed by atoms with Gasteiger partial charge in [0.25, 0.3) is 0 Å². The van der Waals surface area contributed by atoms with E-state index in [0.29, 0.717) is 25.9 Å². The Morgan fingerprint density at radius 2 is 0.783 bits per heavy atom. The molecule has 3 N–H and O–H groups in total. The zero-order chi connectivity index (χ0) is 43.7. The first-order chi connectivity index (χ1) is 29.5. The average molecular weight is 846 g/mol. The number of amides is 1. The smallest absolute Gasteiger partial charge is 0.305 e. The number of nitrogens with one attached hydrogen (secondary N) is 1. The van der Waals surface area contributed by atoms with Crippen molar-refractivity contribution in [3.63, 3.8) is 0 Å². The molecule has 0 aliphatic rings.